The smallest absolute Gasteiger partial charge is 0.310 e. The van der Waals surface area contributed by atoms with Gasteiger partial charge in [0.1, 0.15) is 11.2 Å². The Morgan fingerprint density at radius 3 is 2.39 bits per heavy atom. The van der Waals surface area contributed by atoms with E-state index in [0.29, 0.717) is 18.2 Å². The molecule has 0 aliphatic heterocycles. The van der Waals surface area contributed by atoms with Gasteiger partial charge in [-0.15, -0.1) is 0 Å². The largest absolute Gasteiger partial charge is 0.458 e. The number of pyridine rings is 1. The molecule has 1 aliphatic carbocycles. The van der Waals surface area contributed by atoms with Crippen LogP contribution >= 0.6 is 0 Å². The minimum Gasteiger partial charge on any atom is -0.310 e. The molecule has 0 bridgehead atoms. The van der Waals surface area contributed by atoms with Crippen LogP contribution < -0.4 is 0 Å². The Kier molecular flexibility index (Phi) is 5.29. The molecule has 9 nitrogen and oxygen atoms in total. The van der Waals surface area contributed by atoms with Crippen molar-refractivity contribution in [3.63, 3.8) is 0 Å². The average Bonchev–Trinajstić information content (AvgIpc) is 3.30. The second-order valence-corrected chi connectivity index (χ2v) is 10.8. The summed E-state index contributed by atoms with van der Waals surface area (Å²) in [5.74, 6) is -4.95. The van der Waals surface area contributed by atoms with Crippen molar-refractivity contribution in [1.29, 1.82) is 0 Å². The number of hydrogen-bond donors (Lipinski definition) is 0. The van der Waals surface area contributed by atoms with Gasteiger partial charge in [-0.25, -0.2) is 28.1 Å². The first-order valence-corrected chi connectivity index (χ1v) is 12.5. The van der Waals surface area contributed by atoms with Crippen LogP contribution in [0.3, 0.4) is 0 Å². The van der Waals surface area contributed by atoms with E-state index in [9.17, 15) is 30.4 Å². The summed E-state index contributed by atoms with van der Waals surface area (Å²) in [7, 11) is -0.945. The first kappa shape index (κ1) is 24.3. The highest BCUT2D eigenvalue weighted by Gasteiger charge is 2.59. The fraction of sp³-hybridized carbons (Fsp3) is 0.429. The number of halogens is 5. The Hall–Kier alpha value is -3.36. The molecular formula is C21H20F5N7O2S. The number of aromatic nitrogens is 7. The molecule has 4 heterocycles. The number of rotatable bonds is 6. The Balaban J connectivity index is 1.70. The van der Waals surface area contributed by atoms with E-state index in [2.05, 4.69) is 20.1 Å². The van der Waals surface area contributed by atoms with E-state index >= 15 is 0 Å². The molecule has 4 aromatic rings. The number of aryl methyl sites for hydroxylation is 1. The predicted molar refractivity (Wildman–Crippen MR) is 117 cm³/mol. The lowest BCUT2D eigenvalue weighted by molar-refractivity contribution is -0.289. The lowest BCUT2D eigenvalue weighted by atomic mass is 10.1. The molecule has 0 radical (unpaired) electrons. The molecule has 5 rings (SSSR count). The van der Waals surface area contributed by atoms with Gasteiger partial charge in [-0.2, -0.15) is 27.1 Å². The molecule has 0 aromatic carbocycles. The predicted octanol–water partition coefficient (Wildman–Crippen LogP) is 3.88. The van der Waals surface area contributed by atoms with Gasteiger partial charge >= 0.3 is 12.1 Å². The van der Waals surface area contributed by atoms with Crippen molar-refractivity contribution < 1.29 is 30.4 Å². The third-order valence-electron chi connectivity index (χ3n) is 6.14. The van der Waals surface area contributed by atoms with Crippen molar-refractivity contribution in [3.05, 3.63) is 35.8 Å². The van der Waals surface area contributed by atoms with E-state index in [0.717, 1.165) is 18.5 Å². The van der Waals surface area contributed by atoms with Crippen molar-refractivity contribution in [2.45, 2.75) is 42.8 Å². The van der Waals surface area contributed by atoms with Crippen LogP contribution in [0.15, 0.2) is 29.6 Å². The van der Waals surface area contributed by atoms with Crippen LogP contribution in [0.2, 0.25) is 0 Å². The van der Waals surface area contributed by atoms with Crippen LogP contribution in [0, 0.1) is 0 Å². The highest BCUT2D eigenvalue weighted by Crippen LogP contribution is 2.44. The van der Waals surface area contributed by atoms with Crippen molar-refractivity contribution in [2.75, 3.05) is 5.75 Å². The van der Waals surface area contributed by atoms with Gasteiger partial charge in [0.2, 0.25) is 5.95 Å². The number of nitrogens with zero attached hydrogens (tertiary/aromatic N) is 7. The molecule has 0 atom stereocenters. The van der Waals surface area contributed by atoms with E-state index in [1.807, 2.05) is 6.07 Å². The van der Waals surface area contributed by atoms with E-state index in [-0.39, 0.29) is 39.4 Å². The third-order valence-corrected chi connectivity index (χ3v) is 7.96. The third kappa shape index (κ3) is 3.67. The Bertz CT molecular complexity index is 1600. The summed E-state index contributed by atoms with van der Waals surface area (Å²) in [6, 6.07) is 2.41. The van der Waals surface area contributed by atoms with Gasteiger partial charge in [0.15, 0.2) is 26.3 Å². The standard InChI is InChI=1S/C21H20F5N7O2S/c1-4-36(34,35)18-15(29-19(32(18)3)33-8-7-13(30-33)11-5-6-11)17-28-14-9-12(10-27-16(14)31(17)2)20(22,23)21(24,25)26/h7-11H,4-6H2,1-3H3. The first-order chi connectivity index (χ1) is 16.8. The van der Waals surface area contributed by atoms with Gasteiger partial charge in [0.05, 0.1) is 17.0 Å². The van der Waals surface area contributed by atoms with E-state index in [4.69, 9.17) is 0 Å². The van der Waals surface area contributed by atoms with Crippen molar-refractivity contribution in [3.8, 4) is 17.5 Å². The molecule has 1 fully saturated rings. The monoisotopic (exact) mass is 529 g/mol. The van der Waals surface area contributed by atoms with Crippen molar-refractivity contribution >= 4 is 21.0 Å². The summed E-state index contributed by atoms with van der Waals surface area (Å²) >= 11 is 0. The van der Waals surface area contributed by atoms with Crippen LogP contribution in [0.1, 0.15) is 36.9 Å². The van der Waals surface area contributed by atoms with Gasteiger partial charge in [-0.3, -0.25) is 0 Å². The zero-order valence-electron chi connectivity index (χ0n) is 19.3. The summed E-state index contributed by atoms with van der Waals surface area (Å²) < 4.78 is 96.5. The minimum absolute atomic E-state index is 0.0196. The maximum absolute atomic E-state index is 13.9. The Morgan fingerprint density at radius 1 is 1.08 bits per heavy atom. The van der Waals surface area contributed by atoms with Gasteiger partial charge in [-0.05, 0) is 25.0 Å². The topological polar surface area (TPSA) is 100 Å². The lowest BCUT2D eigenvalue weighted by Crippen LogP contribution is -2.33. The summed E-state index contributed by atoms with van der Waals surface area (Å²) in [5.41, 5.74) is -0.906. The Labute approximate surface area is 201 Å². The number of alkyl halides is 5. The van der Waals surface area contributed by atoms with Gasteiger partial charge in [-0.1, -0.05) is 6.92 Å². The van der Waals surface area contributed by atoms with E-state index in [1.54, 1.807) is 6.20 Å². The molecule has 15 heteroatoms. The SMILES string of the molecule is CCS(=O)(=O)c1c(-c2nc3cc(C(F)(F)C(F)(F)F)cnc3n2C)nc(-n2ccc(C3CC3)n2)n1C. The zero-order chi connectivity index (χ0) is 26.2. The quantitative estimate of drug-likeness (QED) is 0.352. The molecule has 0 saturated heterocycles. The molecule has 1 aliphatic rings. The van der Waals surface area contributed by atoms with Gasteiger partial charge in [0.25, 0.3) is 0 Å². The van der Waals surface area contributed by atoms with Gasteiger partial charge in [0, 0.05) is 32.4 Å². The first-order valence-electron chi connectivity index (χ1n) is 10.9. The maximum atomic E-state index is 13.9. The van der Waals surface area contributed by atoms with Crippen molar-refractivity contribution in [1.82, 2.24) is 33.9 Å². The zero-order valence-corrected chi connectivity index (χ0v) is 20.1. The average molecular weight is 529 g/mol. The summed E-state index contributed by atoms with van der Waals surface area (Å²) in [5, 5.41) is 4.30. The van der Waals surface area contributed by atoms with E-state index < -0.39 is 27.5 Å². The lowest BCUT2D eigenvalue weighted by Gasteiger charge is -2.19. The molecule has 36 heavy (non-hydrogen) atoms. The van der Waals surface area contributed by atoms with Crippen LogP contribution in [-0.2, 0) is 29.9 Å². The summed E-state index contributed by atoms with van der Waals surface area (Å²) in [6.07, 6.45) is -1.70. The second kappa shape index (κ2) is 7.82. The van der Waals surface area contributed by atoms with Crippen LogP contribution in [-0.4, -0.2) is 54.2 Å². The molecule has 192 valence electrons. The van der Waals surface area contributed by atoms with Crippen LogP contribution in [0.5, 0.6) is 0 Å². The Morgan fingerprint density at radius 2 is 1.78 bits per heavy atom. The molecule has 1 saturated carbocycles. The maximum Gasteiger partial charge on any atom is 0.458 e. The van der Waals surface area contributed by atoms with Gasteiger partial charge < -0.3 is 9.13 Å². The number of hydrogen-bond acceptors (Lipinski definition) is 6. The number of fused-ring (bicyclic) bond motifs is 1. The molecule has 0 N–H and O–H groups in total. The highest BCUT2D eigenvalue weighted by atomic mass is 32.2. The summed E-state index contributed by atoms with van der Waals surface area (Å²) in [4.78, 5) is 12.4. The molecule has 4 aromatic heterocycles. The molecule has 0 unspecified atom stereocenters. The molecular weight excluding hydrogens is 509 g/mol. The highest BCUT2D eigenvalue weighted by molar-refractivity contribution is 7.91. The van der Waals surface area contributed by atoms with Crippen LogP contribution in [0.4, 0.5) is 22.0 Å². The van der Waals surface area contributed by atoms with E-state index in [1.165, 1.54) is 34.8 Å². The van der Waals surface area contributed by atoms with Crippen LogP contribution in [0.25, 0.3) is 28.6 Å². The van der Waals surface area contributed by atoms with Crippen molar-refractivity contribution in [2.24, 2.45) is 14.1 Å². The number of imidazole rings is 2. The summed E-state index contributed by atoms with van der Waals surface area (Å²) in [6.45, 7) is 1.45. The fourth-order valence-corrected chi connectivity index (χ4v) is 5.19. The fourth-order valence-electron chi connectivity index (χ4n) is 3.99. The normalized spacial score (nSPS) is 15.2. The molecule has 0 spiro atoms. The number of sulfone groups is 1. The molecule has 0 amide bonds. The second-order valence-electron chi connectivity index (χ2n) is 8.62. The minimum atomic E-state index is -5.82.